The molecule has 192 valence electrons. The van der Waals surface area contributed by atoms with Gasteiger partial charge in [-0.05, 0) is 17.4 Å². The maximum absolute atomic E-state index is 3.53. The van der Waals surface area contributed by atoms with Crippen molar-refractivity contribution in [3.05, 3.63) is 126 Å². The van der Waals surface area contributed by atoms with Crippen LogP contribution in [-0.2, 0) is 43.1 Å². The van der Waals surface area contributed by atoms with E-state index >= 15 is 0 Å². The molecule has 0 fully saturated rings. The molecule has 0 saturated carbocycles. The zero-order valence-corrected chi connectivity index (χ0v) is 28.1. The predicted octanol–water partition coefficient (Wildman–Crippen LogP) is 3.53. The molecule has 0 nitrogen and oxygen atoms in total. The van der Waals surface area contributed by atoms with Gasteiger partial charge in [0, 0.05) is 0 Å². The van der Waals surface area contributed by atoms with Crippen LogP contribution in [0.15, 0.2) is 98.1 Å². The Hall–Kier alpha value is -1.80. The molecule has 3 heteroatoms. The molecule has 0 unspecified atom stereocenters. The van der Waals surface area contributed by atoms with Gasteiger partial charge in [0.25, 0.3) is 0 Å². The summed E-state index contributed by atoms with van der Waals surface area (Å²) in [6.45, 7) is 19.6. The molecule has 0 heterocycles. The Morgan fingerprint density at radius 1 is 0.730 bits per heavy atom. The van der Waals surface area contributed by atoms with Crippen LogP contribution in [0.5, 0.6) is 0 Å². The zero-order chi connectivity index (χ0) is 24.9. The molecular weight excluding hydrogens is 658 g/mol. The fraction of sp³-hybridized carbons (Fsp3) is 0.265. The molecule has 0 saturated heterocycles. The first kappa shape index (κ1) is 35.2. The second-order valence-corrected chi connectivity index (χ2v) is 10.9. The minimum absolute atomic E-state index is 0. The third-order valence-electron chi connectivity index (χ3n) is 6.30. The van der Waals surface area contributed by atoms with Crippen LogP contribution < -0.4 is 24.8 Å². The molecule has 1 aliphatic rings. The Morgan fingerprint density at radius 3 is 1.86 bits per heavy atom. The molecule has 0 bridgehead atoms. The number of benzene rings is 3. The van der Waals surface area contributed by atoms with Crippen molar-refractivity contribution in [3.63, 3.8) is 0 Å². The van der Waals surface area contributed by atoms with Crippen LogP contribution in [0.2, 0.25) is 0 Å². The smallest absolute Gasteiger partial charge is 1.00 e. The second-order valence-electron chi connectivity index (χ2n) is 10.9. The molecule has 5 rings (SSSR count). The minimum atomic E-state index is 0. The first-order chi connectivity index (χ1) is 16.1. The van der Waals surface area contributed by atoms with Crippen molar-refractivity contribution in [3.8, 4) is 22.3 Å². The Bertz CT molecular complexity index is 1150. The standard InChI is InChI=1S/C21H25.C11H9.C2H4.2ClH.Hf/c1-20(2,3)16-9-7-14-11-15-8-10-17(21(4,5)6)13-19(15)18(14)12-16;1-2-6-10(7-3-1)11-8-4-5-9-11;1-2;;;/h7,9-10,12-13H,11H2,1-6H3;1-9H;1-2H2;2*1H;/q2*-1;;;;+4/p-2. The molecule has 0 amide bonds. The Kier molecular flexibility index (Phi) is 14.2. The van der Waals surface area contributed by atoms with Crippen LogP contribution >= 0.6 is 0 Å². The summed E-state index contributed by atoms with van der Waals surface area (Å²) >= 11 is 0. The predicted molar refractivity (Wildman–Crippen MR) is 150 cm³/mol. The fourth-order valence-corrected chi connectivity index (χ4v) is 4.18. The Morgan fingerprint density at radius 2 is 1.32 bits per heavy atom. The van der Waals surface area contributed by atoms with E-state index in [1.54, 1.807) is 0 Å². The second kappa shape index (κ2) is 15.0. The SMILES string of the molecule is C=C.CC(C)(C)c1c[c-]c2c(c1)-c1cc(C(C)(C)C)ccc1C2.[Cl-].[Cl-].[Hf+4].c1ccc(-c2cc[cH-]c2)cc1. The van der Waals surface area contributed by atoms with Crippen molar-refractivity contribution in [1.29, 1.82) is 0 Å². The van der Waals surface area contributed by atoms with Gasteiger partial charge in [-0.2, -0.15) is 53.1 Å². The molecule has 0 atom stereocenters. The molecule has 4 aromatic rings. The summed E-state index contributed by atoms with van der Waals surface area (Å²) in [5.41, 5.74) is 11.3. The van der Waals surface area contributed by atoms with Crippen molar-refractivity contribution >= 4 is 0 Å². The summed E-state index contributed by atoms with van der Waals surface area (Å²) in [5, 5.41) is 0. The van der Waals surface area contributed by atoms with Gasteiger partial charge in [-0.25, -0.2) is 6.07 Å². The molecule has 0 spiro atoms. The van der Waals surface area contributed by atoms with Gasteiger partial charge in [0.05, 0.1) is 0 Å². The van der Waals surface area contributed by atoms with Crippen LogP contribution in [0.3, 0.4) is 0 Å². The van der Waals surface area contributed by atoms with Crippen LogP contribution in [0.1, 0.15) is 63.8 Å². The molecule has 0 N–H and O–H groups in total. The Labute approximate surface area is 256 Å². The monoisotopic (exact) mass is 696 g/mol. The van der Waals surface area contributed by atoms with Crippen molar-refractivity contribution in [2.45, 2.75) is 58.8 Å². The van der Waals surface area contributed by atoms with Crippen LogP contribution in [-0.4, -0.2) is 0 Å². The molecule has 37 heavy (non-hydrogen) atoms. The minimum Gasteiger partial charge on any atom is -1.00 e. The van der Waals surface area contributed by atoms with Gasteiger partial charge >= 0.3 is 25.8 Å². The number of hydrogen-bond donors (Lipinski definition) is 0. The summed E-state index contributed by atoms with van der Waals surface area (Å²) < 4.78 is 0. The maximum Gasteiger partial charge on any atom is 4.00 e. The first-order valence-electron chi connectivity index (χ1n) is 12.1. The van der Waals surface area contributed by atoms with Crippen molar-refractivity contribution in [2.24, 2.45) is 0 Å². The normalized spacial score (nSPS) is 11.0. The van der Waals surface area contributed by atoms with E-state index in [0.717, 1.165) is 6.42 Å². The topological polar surface area (TPSA) is 0 Å². The van der Waals surface area contributed by atoms with Gasteiger partial charge in [-0.15, -0.1) is 18.7 Å². The average Bonchev–Trinajstić information content (AvgIpc) is 3.48. The van der Waals surface area contributed by atoms with Gasteiger partial charge in [0.1, 0.15) is 0 Å². The van der Waals surface area contributed by atoms with Crippen LogP contribution in [0.25, 0.3) is 22.3 Å². The van der Waals surface area contributed by atoms with E-state index in [-0.39, 0.29) is 61.5 Å². The van der Waals surface area contributed by atoms with Crippen LogP contribution in [0, 0.1) is 6.07 Å². The van der Waals surface area contributed by atoms with Crippen LogP contribution in [0.4, 0.5) is 0 Å². The summed E-state index contributed by atoms with van der Waals surface area (Å²) in [6, 6.07) is 33.8. The van der Waals surface area contributed by atoms with E-state index in [1.165, 1.54) is 44.5 Å². The zero-order valence-electron chi connectivity index (χ0n) is 23.0. The molecular formula is C34H38Cl2Hf. The van der Waals surface area contributed by atoms with Crippen molar-refractivity contribution in [1.82, 2.24) is 0 Å². The number of halogens is 2. The van der Waals surface area contributed by atoms with E-state index in [1.807, 2.05) is 6.07 Å². The molecule has 0 aromatic heterocycles. The van der Waals surface area contributed by atoms with Gasteiger partial charge in [0.2, 0.25) is 0 Å². The van der Waals surface area contributed by atoms with Gasteiger partial charge in [0.15, 0.2) is 0 Å². The third-order valence-corrected chi connectivity index (χ3v) is 6.30. The summed E-state index contributed by atoms with van der Waals surface area (Å²) in [6.07, 6.45) is 1.03. The maximum atomic E-state index is 3.53. The fourth-order valence-electron chi connectivity index (χ4n) is 4.18. The summed E-state index contributed by atoms with van der Waals surface area (Å²) in [7, 11) is 0. The van der Waals surface area contributed by atoms with E-state index in [2.05, 4.69) is 140 Å². The first-order valence-corrected chi connectivity index (χ1v) is 12.1. The van der Waals surface area contributed by atoms with Crippen molar-refractivity contribution < 1.29 is 50.7 Å². The van der Waals surface area contributed by atoms with E-state index in [9.17, 15) is 0 Å². The van der Waals surface area contributed by atoms with Gasteiger partial charge in [-0.3, -0.25) is 0 Å². The largest absolute Gasteiger partial charge is 4.00 e. The molecule has 0 aliphatic heterocycles. The van der Waals surface area contributed by atoms with Gasteiger partial charge in [-0.1, -0.05) is 112 Å². The number of rotatable bonds is 1. The third kappa shape index (κ3) is 8.88. The Balaban J connectivity index is 0.000000694. The number of hydrogen-bond acceptors (Lipinski definition) is 0. The summed E-state index contributed by atoms with van der Waals surface area (Å²) in [4.78, 5) is 0. The summed E-state index contributed by atoms with van der Waals surface area (Å²) in [5.74, 6) is 0. The van der Waals surface area contributed by atoms with E-state index in [4.69, 9.17) is 0 Å². The molecule has 1 aliphatic carbocycles. The average molecular weight is 696 g/mol. The van der Waals surface area contributed by atoms with Crippen molar-refractivity contribution in [2.75, 3.05) is 0 Å². The van der Waals surface area contributed by atoms with E-state index < -0.39 is 0 Å². The quantitative estimate of drug-likeness (QED) is 0.143. The van der Waals surface area contributed by atoms with Gasteiger partial charge < -0.3 is 24.8 Å². The number of fused-ring (bicyclic) bond motifs is 3. The molecule has 4 aromatic carbocycles. The molecule has 0 radical (unpaired) electrons. The van der Waals surface area contributed by atoms with E-state index in [0.29, 0.717) is 0 Å².